The minimum atomic E-state index is -4.54. The van der Waals surface area contributed by atoms with Gasteiger partial charge in [0.2, 0.25) is 0 Å². The number of hydrogen-bond acceptors (Lipinski definition) is 2. The Morgan fingerprint density at radius 1 is 1.29 bits per heavy atom. The number of benzene rings is 1. The van der Waals surface area contributed by atoms with E-state index in [-0.39, 0.29) is 0 Å². The average molecular weight is 204 g/mol. The maximum Gasteiger partial charge on any atom is 0.416 e. The first-order valence-corrected chi connectivity index (χ1v) is 3.47. The van der Waals surface area contributed by atoms with Crippen molar-refractivity contribution in [1.82, 2.24) is 0 Å². The SMILES string of the molecule is N#CNc1cc(C(F)(F)F)ccc1F. The molecule has 1 aromatic rings. The van der Waals surface area contributed by atoms with E-state index in [0.29, 0.717) is 18.2 Å². The average Bonchev–Trinajstić information content (AvgIpc) is 2.07. The molecule has 2 nitrogen and oxygen atoms in total. The number of rotatable bonds is 1. The van der Waals surface area contributed by atoms with Crippen LogP contribution in [0, 0.1) is 17.3 Å². The summed E-state index contributed by atoms with van der Waals surface area (Å²) in [6.45, 7) is 0. The van der Waals surface area contributed by atoms with E-state index >= 15 is 0 Å². The van der Waals surface area contributed by atoms with Crippen LogP contribution in [0.4, 0.5) is 23.2 Å². The van der Waals surface area contributed by atoms with E-state index in [1.54, 1.807) is 0 Å². The summed E-state index contributed by atoms with van der Waals surface area (Å²) >= 11 is 0. The van der Waals surface area contributed by atoms with Crippen LogP contribution in [0.15, 0.2) is 18.2 Å². The third kappa shape index (κ3) is 2.13. The summed E-state index contributed by atoms with van der Waals surface area (Å²) in [4.78, 5) is 0. The van der Waals surface area contributed by atoms with Crippen molar-refractivity contribution in [2.75, 3.05) is 5.32 Å². The fraction of sp³-hybridized carbons (Fsp3) is 0.125. The lowest BCUT2D eigenvalue weighted by Gasteiger charge is -2.08. The molecule has 0 unspecified atom stereocenters. The van der Waals surface area contributed by atoms with Crippen molar-refractivity contribution >= 4 is 5.69 Å². The molecule has 0 heterocycles. The van der Waals surface area contributed by atoms with Crippen LogP contribution in [-0.2, 0) is 6.18 Å². The van der Waals surface area contributed by atoms with Gasteiger partial charge in [-0.25, -0.2) is 4.39 Å². The molecule has 0 aliphatic rings. The number of halogens is 4. The van der Waals surface area contributed by atoms with Gasteiger partial charge in [0.25, 0.3) is 0 Å². The van der Waals surface area contributed by atoms with Gasteiger partial charge in [0.1, 0.15) is 5.82 Å². The Labute approximate surface area is 76.8 Å². The lowest BCUT2D eigenvalue weighted by atomic mass is 10.2. The molecule has 74 valence electrons. The van der Waals surface area contributed by atoms with Gasteiger partial charge in [0.15, 0.2) is 6.19 Å². The second-order valence-electron chi connectivity index (χ2n) is 2.43. The molecule has 0 radical (unpaired) electrons. The van der Waals surface area contributed by atoms with Crippen LogP contribution in [0.25, 0.3) is 0 Å². The fourth-order valence-electron chi connectivity index (χ4n) is 0.858. The summed E-state index contributed by atoms with van der Waals surface area (Å²) < 4.78 is 49.1. The molecule has 1 N–H and O–H groups in total. The number of anilines is 1. The van der Waals surface area contributed by atoms with Gasteiger partial charge in [-0.1, -0.05) is 0 Å². The molecule has 0 aliphatic carbocycles. The summed E-state index contributed by atoms with van der Waals surface area (Å²) in [6.07, 6.45) is -3.20. The number of nitriles is 1. The molecular weight excluding hydrogens is 200 g/mol. The van der Waals surface area contributed by atoms with Crippen LogP contribution in [-0.4, -0.2) is 0 Å². The van der Waals surface area contributed by atoms with Crippen molar-refractivity contribution in [1.29, 1.82) is 5.26 Å². The van der Waals surface area contributed by atoms with Crippen molar-refractivity contribution in [3.8, 4) is 6.19 Å². The van der Waals surface area contributed by atoms with Crippen molar-refractivity contribution in [3.05, 3.63) is 29.6 Å². The summed E-state index contributed by atoms with van der Waals surface area (Å²) in [7, 11) is 0. The molecule has 6 heteroatoms. The highest BCUT2D eigenvalue weighted by molar-refractivity contribution is 5.50. The topological polar surface area (TPSA) is 35.8 Å². The Bertz CT molecular complexity index is 378. The maximum atomic E-state index is 12.8. The third-order valence-electron chi connectivity index (χ3n) is 1.48. The van der Waals surface area contributed by atoms with Crippen molar-refractivity contribution in [3.63, 3.8) is 0 Å². The Hall–Kier alpha value is -1.77. The van der Waals surface area contributed by atoms with Crippen molar-refractivity contribution < 1.29 is 17.6 Å². The zero-order valence-corrected chi connectivity index (χ0v) is 6.69. The maximum absolute atomic E-state index is 12.8. The van der Waals surface area contributed by atoms with Crippen molar-refractivity contribution in [2.24, 2.45) is 0 Å². The quantitative estimate of drug-likeness (QED) is 0.433. The molecule has 0 spiro atoms. The van der Waals surface area contributed by atoms with Gasteiger partial charge < -0.3 is 0 Å². The minimum Gasteiger partial charge on any atom is -0.290 e. The Kier molecular flexibility index (Phi) is 2.60. The molecule has 0 saturated carbocycles. The van der Waals surface area contributed by atoms with Gasteiger partial charge in [0.05, 0.1) is 11.3 Å². The van der Waals surface area contributed by atoms with Crippen LogP contribution in [0.3, 0.4) is 0 Å². The largest absolute Gasteiger partial charge is 0.416 e. The molecule has 1 rings (SSSR count). The summed E-state index contributed by atoms with van der Waals surface area (Å²) in [5.74, 6) is -0.903. The molecule has 14 heavy (non-hydrogen) atoms. The van der Waals surface area contributed by atoms with Gasteiger partial charge in [-0.3, -0.25) is 5.32 Å². The molecule has 0 atom stereocenters. The first kappa shape index (κ1) is 10.3. The second-order valence-corrected chi connectivity index (χ2v) is 2.43. The van der Waals surface area contributed by atoms with E-state index in [1.807, 2.05) is 5.32 Å². The number of hydrogen-bond donors (Lipinski definition) is 1. The first-order valence-electron chi connectivity index (χ1n) is 3.47. The summed E-state index contributed by atoms with van der Waals surface area (Å²) in [6, 6.07) is 1.80. The fourth-order valence-corrected chi connectivity index (χ4v) is 0.858. The van der Waals surface area contributed by atoms with Gasteiger partial charge in [-0.05, 0) is 18.2 Å². The monoisotopic (exact) mass is 204 g/mol. The minimum absolute atomic E-state index is 0.484. The van der Waals surface area contributed by atoms with Crippen LogP contribution >= 0.6 is 0 Å². The van der Waals surface area contributed by atoms with E-state index in [4.69, 9.17) is 5.26 Å². The van der Waals surface area contributed by atoms with Gasteiger partial charge in [-0.2, -0.15) is 18.4 Å². The number of alkyl halides is 3. The lowest BCUT2D eigenvalue weighted by molar-refractivity contribution is -0.137. The lowest BCUT2D eigenvalue weighted by Crippen LogP contribution is -2.06. The van der Waals surface area contributed by atoms with E-state index in [0.717, 1.165) is 0 Å². The molecular formula is C8H4F4N2. The molecule has 0 amide bonds. The van der Waals surface area contributed by atoms with Gasteiger partial charge in [-0.15, -0.1) is 0 Å². The molecule has 0 fully saturated rings. The van der Waals surface area contributed by atoms with E-state index < -0.39 is 23.2 Å². The van der Waals surface area contributed by atoms with Crippen LogP contribution in [0.5, 0.6) is 0 Å². The van der Waals surface area contributed by atoms with Crippen LogP contribution in [0.2, 0.25) is 0 Å². The molecule has 0 aromatic heterocycles. The molecule has 0 aliphatic heterocycles. The third-order valence-corrected chi connectivity index (χ3v) is 1.48. The summed E-state index contributed by atoms with van der Waals surface area (Å²) in [5.41, 5.74) is -1.49. The predicted octanol–water partition coefficient (Wildman–Crippen LogP) is 2.74. The van der Waals surface area contributed by atoms with Crippen LogP contribution in [0.1, 0.15) is 5.56 Å². The Morgan fingerprint density at radius 3 is 2.43 bits per heavy atom. The highest BCUT2D eigenvalue weighted by atomic mass is 19.4. The van der Waals surface area contributed by atoms with Gasteiger partial charge in [0, 0.05) is 0 Å². The zero-order chi connectivity index (χ0) is 10.8. The first-order chi connectivity index (χ1) is 6.45. The molecule has 0 saturated heterocycles. The van der Waals surface area contributed by atoms with Gasteiger partial charge >= 0.3 is 6.18 Å². The summed E-state index contributed by atoms with van der Waals surface area (Å²) in [5, 5.41) is 9.95. The van der Waals surface area contributed by atoms with E-state index in [2.05, 4.69) is 0 Å². The zero-order valence-electron chi connectivity index (χ0n) is 6.69. The highest BCUT2D eigenvalue weighted by Crippen LogP contribution is 2.31. The smallest absolute Gasteiger partial charge is 0.290 e. The number of nitrogens with zero attached hydrogens (tertiary/aromatic N) is 1. The van der Waals surface area contributed by atoms with E-state index in [9.17, 15) is 17.6 Å². The predicted molar refractivity (Wildman–Crippen MR) is 40.6 cm³/mol. The Balaban J connectivity index is 3.14. The van der Waals surface area contributed by atoms with E-state index in [1.165, 1.54) is 6.19 Å². The molecule has 0 bridgehead atoms. The Morgan fingerprint density at radius 2 is 1.93 bits per heavy atom. The van der Waals surface area contributed by atoms with Crippen LogP contribution < -0.4 is 5.32 Å². The number of nitrogens with one attached hydrogen (secondary N) is 1. The molecule has 1 aromatic carbocycles. The standard InChI is InChI=1S/C8H4F4N2/c9-6-2-1-5(8(10,11)12)3-7(6)14-4-13/h1-3,14H. The highest BCUT2D eigenvalue weighted by Gasteiger charge is 2.31. The van der Waals surface area contributed by atoms with Crippen molar-refractivity contribution in [2.45, 2.75) is 6.18 Å². The normalized spacial score (nSPS) is 10.8. The second kappa shape index (κ2) is 3.54.